The number of hydrogen-bond donors (Lipinski definition) is 0. The average molecular weight is 256 g/mol. The minimum Gasteiger partial charge on any atom is -0.349 e. The molecule has 18 heavy (non-hydrogen) atoms. The SMILES string of the molecule is CO[C@@]1(C)O[C@@H]2C=C(C)C(=O)C[C@H]2O[C@]1(C)OC. The zero-order valence-corrected chi connectivity index (χ0v) is 11.5. The van der Waals surface area contributed by atoms with Crippen LogP contribution in [-0.4, -0.2) is 43.8 Å². The van der Waals surface area contributed by atoms with Crippen molar-refractivity contribution in [3.63, 3.8) is 0 Å². The number of rotatable bonds is 2. The highest BCUT2D eigenvalue weighted by molar-refractivity contribution is 5.96. The second-order valence-corrected chi connectivity index (χ2v) is 5.02. The molecule has 0 unspecified atom stereocenters. The Kier molecular flexibility index (Phi) is 3.36. The predicted molar refractivity (Wildman–Crippen MR) is 64.0 cm³/mol. The first kappa shape index (κ1) is 13.7. The number of methoxy groups -OCH3 is 2. The quantitative estimate of drug-likeness (QED) is 0.747. The highest BCUT2D eigenvalue weighted by Gasteiger charge is 2.57. The maximum Gasteiger partial charge on any atom is 0.220 e. The molecule has 0 spiro atoms. The van der Waals surface area contributed by atoms with Gasteiger partial charge in [0.25, 0.3) is 0 Å². The number of ketones is 1. The molecule has 0 radical (unpaired) electrons. The summed E-state index contributed by atoms with van der Waals surface area (Å²) < 4.78 is 22.7. The van der Waals surface area contributed by atoms with E-state index in [0.29, 0.717) is 12.0 Å². The predicted octanol–water partition coefficient (Wildman–Crippen LogP) is 1.41. The van der Waals surface area contributed by atoms with Crippen LogP contribution in [0.5, 0.6) is 0 Å². The number of hydrogen-bond acceptors (Lipinski definition) is 5. The van der Waals surface area contributed by atoms with Crippen LogP contribution >= 0.6 is 0 Å². The highest BCUT2D eigenvalue weighted by atomic mass is 16.8. The average Bonchev–Trinajstić information content (AvgIpc) is 2.33. The summed E-state index contributed by atoms with van der Waals surface area (Å²) in [6.07, 6.45) is 1.50. The van der Waals surface area contributed by atoms with Crippen LogP contribution in [0, 0.1) is 0 Å². The lowest BCUT2D eigenvalue weighted by molar-refractivity contribution is -0.442. The maximum atomic E-state index is 11.7. The molecule has 5 heteroatoms. The topological polar surface area (TPSA) is 54.0 Å². The maximum absolute atomic E-state index is 11.7. The summed E-state index contributed by atoms with van der Waals surface area (Å²) in [5.74, 6) is -1.97. The van der Waals surface area contributed by atoms with E-state index in [-0.39, 0.29) is 18.0 Å². The van der Waals surface area contributed by atoms with Crippen LogP contribution in [0.3, 0.4) is 0 Å². The van der Waals surface area contributed by atoms with Crippen LogP contribution in [0.1, 0.15) is 27.2 Å². The summed E-state index contributed by atoms with van der Waals surface area (Å²) >= 11 is 0. The molecule has 1 fully saturated rings. The van der Waals surface area contributed by atoms with Gasteiger partial charge in [-0.3, -0.25) is 4.79 Å². The molecule has 102 valence electrons. The normalized spacial score (nSPS) is 44.5. The summed E-state index contributed by atoms with van der Waals surface area (Å²) in [6.45, 7) is 5.31. The van der Waals surface area contributed by atoms with Gasteiger partial charge in [0.05, 0.1) is 6.10 Å². The van der Waals surface area contributed by atoms with Gasteiger partial charge in [-0.05, 0) is 32.4 Å². The number of fused-ring (bicyclic) bond motifs is 1. The molecular formula is C13H20O5. The zero-order chi connectivity index (χ0) is 13.6. The van der Waals surface area contributed by atoms with Gasteiger partial charge in [0.1, 0.15) is 6.10 Å². The molecule has 0 bridgehead atoms. The Bertz CT molecular complexity index is 391. The Morgan fingerprint density at radius 3 is 2.33 bits per heavy atom. The fraction of sp³-hybridized carbons (Fsp3) is 0.769. The van der Waals surface area contributed by atoms with Crippen LogP contribution in [0.2, 0.25) is 0 Å². The molecule has 0 aromatic heterocycles. The summed E-state index contributed by atoms with van der Waals surface area (Å²) in [7, 11) is 3.08. The van der Waals surface area contributed by atoms with Crippen molar-refractivity contribution in [2.75, 3.05) is 14.2 Å². The standard InChI is InChI=1S/C13H20O5/c1-8-6-10-11(7-9(8)14)18-13(3,16-5)12(2,15-4)17-10/h6,10-11H,7H2,1-5H3/t10-,11-,12+,13+/m1/s1. The van der Waals surface area contributed by atoms with E-state index < -0.39 is 11.6 Å². The lowest BCUT2D eigenvalue weighted by Crippen LogP contribution is -2.65. The van der Waals surface area contributed by atoms with Gasteiger partial charge < -0.3 is 18.9 Å². The van der Waals surface area contributed by atoms with Gasteiger partial charge in [0.2, 0.25) is 11.6 Å². The summed E-state index contributed by atoms with van der Waals surface area (Å²) in [6, 6.07) is 0. The van der Waals surface area contributed by atoms with Crippen LogP contribution < -0.4 is 0 Å². The molecule has 1 heterocycles. The fourth-order valence-electron chi connectivity index (χ4n) is 2.35. The third-order valence-electron chi connectivity index (χ3n) is 3.95. The van der Waals surface area contributed by atoms with Gasteiger partial charge >= 0.3 is 0 Å². The molecule has 1 aliphatic heterocycles. The number of carbonyl (C=O) groups excluding carboxylic acids is 1. The van der Waals surface area contributed by atoms with Crippen molar-refractivity contribution in [3.8, 4) is 0 Å². The van der Waals surface area contributed by atoms with Crippen molar-refractivity contribution in [2.24, 2.45) is 0 Å². The minimum atomic E-state index is -1.04. The monoisotopic (exact) mass is 256 g/mol. The summed E-state index contributed by atoms with van der Waals surface area (Å²) in [5, 5.41) is 0. The van der Waals surface area contributed by atoms with Crippen molar-refractivity contribution >= 4 is 5.78 Å². The first-order valence-corrected chi connectivity index (χ1v) is 6.03. The van der Waals surface area contributed by atoms with Gasteiger partial charge in [-0.1, -0.05) is 0 Å². The second-order valence-electron chi connectivity index (χ2n) is 5.02. The van der Waals surface area contributed by atoms with Crippen molar-refractivity contribution in [1.29, 1.82) is 0 Å². The Morgan fingerprint density at radius 2 is 1.78 bits per heavy atom. The van der Waals surface area contributed by atoms with Gasteiger partial charge in [0, 0.05) is 20.6 Å². The van der Waals surface area contributed by atoms with Crippen LogP contribution in [0.4, 0.5) is 0 Å². The highest BCUT2D eigenvalue weighted by Crippen LogP contribution is 2.41. The van der Waals surface area contributed by atoms with E-state index in [9.17, 15) is 4.79 Å². The first-order chi connectivity index (χ1) is 8.35. The smallest absolute Gasteiger partial charge is 0.220 e. The molecule has 0 saturated carbocycles. The first-order valence-electron chi connectivity index (χ1n) is 6.03. The van der Waals surface area contributed by atoms with Crippen molar-refractivity contribution in [3.05, 3.63) is 11.6 Å². The molecule has 0 amide bonds. The number of ether oxygens (including phenoxy) is 4. The largest absolute Gasteiger partial charge is 0.349 e. The Hall–Kier alpha value is -0.750. The van der Waals surface area contributed by atoms with Crippen LogP contribution in [-0.2, 0) is 23.7 Å². The number of carbonyl (C=O) groups is 1. The molecule has 5 nitrogen and oxygen atoms in total. The summed E-state index contributed by atoms with van der Waals surface area (Å²) in [5.41, 5.74) is 0.708. The molecule has 0 N–H and O–H groups in total. The van der Waals surface area contributed by atoms with E-state index in [2.05, 4.69) is 0 Å². The Balaban J connectivity index is 2.32. The van der Waals surface area contributed by atoms with E-state index in [1.54, 1.807) is 34.0 Å². The van der Waals surface area contributed by atoms with E-state index in [1.807, 2.05) is 0 Å². The van der Waals surface area contributed by atoms with Gasteiger partial charge in [-0.2, -0.15) is 0 Å². The van der Waals surface area contributed by atoms with Crippen molar-refractivity contribution in [1.82, 2.24) is 0 Å². The Morgan fingerprint density at radius 1 is 1.22 bits per heavy atom. The lowest BCUT2D eigenvalue weighted by Gasteiger charge is -2.52. The molecule has 2 rings (SSSR count). The van der Waals surface area contributed by atoms with E-state index in [1.165, 1.54) is 7.11 Å². The van der Waals surface area contributed by atoms with Gasteiger partial charge in [-0.15, -0.1) is 0 Å². The van der Waals surface area contributed by atoms with E-state index >= 15 is 0 Å². The molecular weight excluding hydrogens is 236 g/mol. The van der Waals surface area contributed by atoms with Gasteiger partial charge in [-0.25, -0.2) is 0 Å². The summed E-state index contributed by atoms with van der Waals surface area (Å²) in [4.78, 5) is 11.7. The molecule has 4 atom stereocenters. The third-order valence-corrected chi connectivity index (χ3v) is 3.95. The molecule has 2 aliphatic rings. The number of Topliss-reactive ketones (excluding diaryl/α,β-unsaturated/α-hetero) is 1. The molecule has 0 aromatic carbocycles. The van der Waals surface area contributed by atoms with E-state index in [0.717, 1.165) is 0 Å². The van der Waals surface area contributed by atoms with Crippen molar-refractivity contribution < 1.29 is 23.7 Å². The molecule has 0 aromatic rings. The van der Waals surface area contributed by atoms with E-state index in [4.69, 9.17) is 18.9 Å². The Labute approximate surface area is 107 Å². The second kappa shape index (κ2) is 4.42. The molecule has 1 saturated heterocycles. The molecule has 1 aliphatic carbocycles. The fourth-order valence-corrected chi connectivity index (χ4v) is 2.35. The zero-order valence-electron chi connectivity index (χ0n) is 11.5. The lowest BCUT2D eigenvalue weighted by atomic mass is 9.91. The third kappa shape index (κ3) is 1.91. The van der Waals surface area contributed by atoms with Crippen molar-refractivity contribution in [2.45, 2.75) is 51.0 Å². The van der Waals surface area contributed by atoms with Gasteiger partial charge in [0.15, 0.2) is 5.78 Å². The van der Waals surface area contributed by atoms with Crippen LogP contribution in [0.25, 0.3) is 0 Å². The minimum absolute atomic E-state index is 0.0827. The van der Waals surface area contributed by atoms with Crippen LogP contribution in [0.15, 0.2) is 11.6 Å². The number of allylic oxidation sites excluding steroid dienone is 1.